The molecule has 0 radical (unpaired) electrons. The third kappa shape index (κ3) is 5.03. The average Bonchev–Trinajstić information content (AvgIpc) is 2.52. The number of Topliss-reactive ketones (excluding diaryl/α,β-unsaturated/α-hetero) is 1. The molecule has 1 aromatic rings. The third-order valence-electron chi connectivity index (χ3n) is 2.63. The minimum absolute atomic E-state index is 0.0131. The smallest absolute Gasteiger partial charge is 0.342 e. The van der Waals surface area contributed by atoms with Gasteiger partial charge in [0.2, 0.25) is 5.78 Å². The summed E-state index contributed by atoms with van der Waals surface area (Å²) >= 11 is 0. The molecule has 0 heterocycles. The van der Waals surface area contributed by atoms with Crippen LogP contribution in [-0.4, -0.2) is 35.9 Å². The lowest BCUT2D eigenvalue weighted by Crippen LogP contribution is -2.18. The molecule has 0 bridgehead atoms. The van der Waals surface area contributed by atoms with Crippen LogP contribution in [-0.2, 0) is 19.1 Å². The van der Waals surface area contributed by atoms with Crippen LogP contribution in [0.4, 0.5) is 5.69 Å². The Morgan fingerprint density at radius 3 is 2.13 bits per heavy atom. The summed E-state index contributed by atoms with van der Waals surface area (Å²) in [5.74, 6) is -2.61. The number of nitro groups is 1. The zero-order valence-electron chi connectivity index (χ0n) is 12.6. The summed E-state index contributed by atoms with van der Waals surface area (Å²) in [5.41, 5.74) is -0.688. The normalized spacial score (nSPS) is 10.8. The first-order valence-corrected chi connectivity index (χ1v) is 6.75. The number of carbonyl (C=O) groups excluding carboxylic acids is 3. The van der Waals surface area contributed by atoms with Crippen LogP contribution in [0.3, 0.4) is 0 Å². The second kappa shape index (κ2) is 8.42. The van der Waals surface area contributed by atoms with Gasteiger partial charge in [0.25, 0.3) is 5.69 Å². The molecule has 1 rings (SSSR count). The third-order valence-corrected chi connectivity index (χ3v) is 2.63. The fourth-order valence-electron chi connectivity index (χ4n) is 1.62. The Morgan fingerprint density at radius 2 is 1.65 bits per heavy atom. The van der Waals surface area contributed by atoms with E-state index in [4.69, 9.17) is 4.74 Å². The number of nitro benzene ring substituents is 1. The first kappa shape index (κ1) is 18.0. The number of hydrogen-bond acceptors (Lipinski definition) is 7. The lowest BCUT2D eigenvalue weighted by Gasteiger charge is -2.06. The number of non-ortho nitro benzene ring substituents is 1. The van der Waals surface area contributed by atoms with Crippen molar-refractivity contribution in [1.82, 2.24) is 0 Å². The molecule has 122 valence electrons. The molecule has 0 atom stereocenters. The van der Waals surface area contributed by atoms with Gasteiger partial charge in [0.15, 0.2) is 0 Å². The maximum absolute atomic E-state index is 12.3. The van der Waals surface area contributed by atoms with Gasteiger partial charge in [0.1, 0.15) is 5.57 Å². The number of hydrogen-bond donors (Lipinski definition) is 0. The van der Waals surface area contributed by atoms with Crippen molar-refractivity contribution >= 4 is 23.4 Å². The van der Waals surface area contributed by atoms with Crippen LogP contribution in [0, 0.1) is 10.1 Å². The standard InChI is InChI=1S/C15H15NO7/c1-3-22-13(17)9-12(15(19)23-4-2)14(18)10-5-7-11(8-6-10)16(20)21/h5-9H,3-4H2,1-2H3/b12-9+. The van der Waals surface area contributed by atoms with E-state index in [0.29, 0.717) is 0 Å². The summed E-state index contributed by atoms with van der Waals surface area (Å²) in [5, 5.41) is 10.6. The Kier molecular flexibility index (Phi) is 6.60. The van der Waals surface area contributed by atoms with Gasteiger partial charge in [-0.1, -0.05) is 0 Å². The first-order valence-electron chi connectivity index (χ1n) is 6.75. The lowest BCUT2D eigenvalue weighted by molar-refractivity contribution is -0.384. The number of rotatable bonds is 7. The van der Waals surface area contributed by atoms with E-state index in [2.05, 4.69) is 4.74 Å². The van der Waals surface area contributed by atoms with Gasteiger partial charge in [0, 0.05) is 23.8 Å². The van der Waals surface area contributed by atoms with E-state index < -0.39 is 28.2 Å². The van der Waals surface area contributed by atoms with E-state index in [1.165, 1.54) is 12.1 Å². The molecule has 1 aromatic carbocycles. The zero-order chi connectivity index (χ0) is 17.4. The highest BCUT2D eigenvalue weighted by Gasteiger charge is 2.23. The van der Waals surface area contributed by atoms with E-state index in [0.717, 1.165) is 18.2 Å². The summed E-state index contributed by atoms with van der Waals surface area (Å²) in [6.45, 7) is 3.23. The minimum Gasteiger partial charge on any atom is -0.463 e. The molecule has 0 saturated carbocycles. The van der Waals surface area contributed by atoms with Crippen molar-refractivity contribution in [2.75, 3.05) is 13.2 Å². The van der Waals surface area contributed by atoms with Crippen molar-refractivity contribution in [3.05, 3.63) is 51.6 Å². The van der Waals surface area contributed by atoms with E-state index in [-0.39, 0.29) is 24.5 Å². The molecular formula is C15H15NO7. The fraction of sp³-hybridized carbons (Fsp3) is 0.267. The number of esters is 2. The van der Waals surface area contributed by atoms with Gasteiger partial charge in [-0.05, 0) is 26.0 Å². The van der Waals surface area contributed by atoms with Gasteiger partial charge in [-0.25, -0.2) is 9.59 Å². The fourth-order valence-corrected chi connectivity index (χ4v) is 1.62. The van der Waals surface area contributed by atoms with Crippen LogP contribution in [0.15, 0.2) is 35.9 Å². The quantitative estimate of drug-likeness (QED) is 0.143. The Bertz CT molecular complexity index is 646. The second-order valence-corrected chi connectivity index (χ2v) is 4.16. The Morgan fingerprint density at radius 1 is 1.09 bits per heavy atom. The molecule has 0 amide bonds. The minimum atomic E-state index is -0.969. The van der Waals surface area contributed by atoms with E-state index in [9.17, 15) is 24.5 Å². The Labute approximate surface area is 131 Å². The lowest BCUT2D eigenvalue weighted by atomic mass is 10.0. The van der Waals surface area contributed by atoms with Crippen molar-refractivity contribution in [1.29, 1.82) is 0 Å². The van der Waals surface area contributed by atoms with Crippen LogP contribution in [0.25, 0.3) is 0 Å². The molecule has 8 heteroatoms. The summed E-state index contributed by atoms with van der Waals surface area (Å²) < 4.78 is 9.42. The molecule has 0 saturated heterocycles. The zero-order valence-corrected chi connectivity index (χ0v) is 12.6. The van der Waals surface area contributed by atoms with Crippen LogP contribution >= 0.6 is 0 Å². The molecule has 0 aromatic heterocycles. The molecule has 0 N–H and O–H groups in total. The first-order chi connectivity index (χ1) is 10.9. The Balaban J connectivity index is 3.14. The van der Waals surface area contributed by atoms with Crippen molar-refractivity contribution in [2.24, 2.45) is 0 Å². The van der Waals surface area contributed by atoms with E-state index in [1.807, 2.05) is 0 Å². The molecular weight excluding hydrogens is 306 g/mol. The molecule has 8 nitrogen and oxygen atoms in total. The second-order valence-electron chi connectivity index (χ2n) is 4.16. The largest absolute Gasteiger partial charge is 0.463 e. The predicted octanol–water partition coefficient (Wildman–Crippen LogP) is 1.83. The monoisotopic (exact) mass is 321 g/mol. The SMILES string of the molecule is CCOC(=O)/C=C(/C(=O)OCC)C(=O)c1ccc([N+](=O)[O-])cc1. The molecule has 0 aliphatic rings. The van der Waals surface area contributed by atoms with Crippen LogP contribution in [0.2, 0.25) is 0 Å². The summed E-state index contributed by atoms with van der Waals surface area (Å²) in [7, 11) is 0. The van der Waals surface area contributed by atoms with E-state index >= 15 is 0 Å². The number of ether oxygens (including phenoxy) is 2. The van der Waals surface area contributed by atoms with Gasteiger partial charge in [-0.15, -0.1) is 0 Å². The molecule has 0 spiro atoms. The van der Waals surface area contributed by atoms with Crippen LogP contribution < -0.4 is 0 Å². The molecule has 0 aliphatic carbocycles. The van der Waals surface area contributed by atoms with Crippen molar-refractivity contribution in [3.63, 3.8) is 0 Å². The Hall–Kier alpha value is -3.03. The van der Waals surface area contributed by atoms with Gasteiger partial charge < -0.3 is 9.47 Å². The molecule has 0 aliphatic heterocycles. The number of carbonyl (C=O) groups is 3. The van der Waals surface area contributed by atoms with Gasteiger partial charge in [-0.2, -0.15) is 0 Å². The maximum Gasteiger partial charge on any atom is 0.342 e. The van der Waals surface area contributed by atoms with Gasteiger partial charge in [0.05, 0.1) is 18.1 Å². The van der Waals surface area contributed by atoms with Crippen molar-refractivity contribution in [2.45, 2.75) is 13.8 Å². The molecule has 23 heavy (non-hydrogen) atoms. The number of ketones is 1. The van der Waals surface area contributed by atoms with Crippen LogP contribution in [0.1, 0.15) is 24.2 Å². The van der Waals surface area contributed by atoms with Gasteiger partial charge >= 0.3 is 11.9 Å². The van der Waals surface area contributed by atoms with Gasteiger partial charge in [-0.3, -0.25) is 14.9 Å². The topological polar surface area (TPSA) is 113 Å². The number of nitrogens with zero attached hydrogens (tertiary/aromatic N) is 1. The van der Waals surface area contributed by atoms with Crippen molar-refractivity contribution < 1.29 is 28.8 Å². The number of benzene rings is 1. The molecule has 0 fully saturated rings. The maximum atomic E-state index is 12.3. The molecule has 0 unspecified atom stereocenters. The summed E-state index contributed by atoms with van der Waals surface area (Å²) in [4.78, 5) is 45.7. The average molecular weight is 321 g/mol. The highest BCUT2D eigenvalue weighted by atomic mass is 16.6. The summed E-state index contributed by atoms with van der Waals surface area (Å²) in [6, 6.07) is 4.64. The van der Waals surface area contributed by atoms with Crippen LogP contribution in [0.5, 0.6) is 0 Å². The predicted molar refractivity (Wildman–Crippen MR) is 78.8 cm³/mol. The highest BCUT2D eigenvalue weighted by Crippen LogP contribution is 2.16. The van der Waals surface area contributed by atoms with E-state index in [1.54, 1.807) is 13.8 Å². The summed E-state index contributed by atoms with van der Waals surface area (Å²) in [6.07, 6.45) is 0.755. The van der Waals surface area contributed by atoms with Crippen molar-refractivity contribution in [3.8, 4) is 0 Å². The highest BCUT2D eigenvalue weighted by molar-refractivity contribution is 6.26.